The van der Waals surface area contributed by atoms with E-state index in [9.17, 15) is 0 Å². The van der Waals surface area contributed by atoms with Crippen LogP contribution in [0.25, 0.3) is 0 Å². The van der Waals surface area contributed by atoms with Crippen molar-refractivity contribution in [1.82, 2.24) is 9.66 Å². The highest BCUT2D eigenvalue weighted by atomic mass is 16.5. The lowest BCUT2D eigenvalue weighted by atomic mass is 10.4. The molecule has 1 N–H and O–H groups in total. The van der Waals surface area contributed by atoms with Crippen molar-refractivity contribution in [3.63, 3.8) is 0 Å². The molecule has 0 amide bonds. The minimum atomic E-state index is 0.698. The molecule has 0 bridgehead atoms. The summed E-state index contributed by atoms with van der Waals surface area (Å²) in [7, 11) is 0. The zero-order valence-corrected chi connectivity index (χ0v) is 11.1. The highest BCUT2D eigenvalue weighted by Crippen LogP contribution is 2.22. The Kier molecular flexibility index (Phi) is 3.87. The lowest BCUT2D eigenvalue weighted by Crippen LogP contribution is -2.14. The number of aryl methyl sites for hydroxylation is 2. The predicted octanol–water partition coefficient (Wildman–Crippen LogP) is 3.16. The van der Waals surface area contributed by atoms with Gasteiger partial charge in [0.05, 0.1) is 6.61 Å². The van der Waals surface area contributed by atoms with Gasteiger partial charge in [-0.05, 0) is 44.5 Å². The monoisotopic (exact) mass is 245 g/mol. The van der Waals surface area contributed by atoms with Gasteiger partial charge in [0.15, 0.2) is 11.6 Å². The van der Waals surface area contributed by atoms with Crippen LogP contribution in [0.1, 0.15) is 24.7 Å². The second-order valence-electron chi connectivity index (χ2n) is 4.26. The minimum Gasteiger partial charge on any atom is -0.490 e. The molecule has 18 heavy (non-hydrogen) atoms. The fourth-order valence-corrected chi connectivity index (χ4v) is 1.75. The maximum atomic E-state index is 5.68. The Hall–Kier alpha value is -1.97. The summed E-state index contributed by atoms with van der Waals surface area (Å²) in [6, 6.07) is 7.94. The summed E-state index contributed by atoms with van der Waals surface area (Å²) in [6.45, 7) is 6.89. The van der Waals surface area contributed by atoms with Gasteiger partial charge in [0.25, 0.3) is 0 Å². The quantitative estimate of drug-likeness (QED) is 0.879. The van der Waals surface area contributed by atoms with Crippen LogP contribution in [0.2, 0.25) is 0 Å². The van der Waals surface area contributed by atoms with Crippen molar-refractivity contribution in [3.05, 3.63) is 41.9 Å². The van der Waals surface area contributed by atoms with E-state index in [1.54, 1.807) is 6.20 Å². The van der Waals surface area contributed by atoms with E-state index in [1.165, 1.54) is 0 Å². The number of hydrogen-bond acceptors (Lipinski definition) is 3. The summed E-state index contributed by atoms with van der Waals surface area (Å²) in [4.78, 5) is 4.33. The van der Waals surface area contributed by atoms with Crippen molar-refractivity contribution in [2.45, 2.75) is 27.2 Å². The Morgan fingerprint density at radius 3 is 2.61 bits per heavy atom. The molecule has 0 saturated carbocycles. The molecule has 2 aromatic heterocycles. The van der Waals surface area contributed by atoms with Crippen LogP contribution in [0.5, 0.6) is 5.75 Å². The maximum Gasteiger partial charge on any atom is 0.187 e. The number of nitrogens with one attached hydrogen (secondary N) is 1. The predicted molar refractivity (Wildman–Crippen MR) is 72.9 cm³/mol. The summed E-state index contributed by atoms with van der Waals surface area (Å²) in [5, 5.41) is 0. The third-order valence-electron chi connectivity index (χ3n) is 2.72. The van der Waals surface area contributed by atoms with E-state index in [2.05, 4.69) is 43.3 Å². The number of aromatic nitrogens is 2. The Morgan fingerprint density at radius 1 is 1.22 bits per heavy atom. The Morgan fingerprint density at radius 2 is 1.94 bits per heavy atom. The Bertz CT molecular complexity index is 500. The molecule has 0 radical (unpaired) electrons. The lowest BCUT2D eigenvalue weighted by molar-refractivity contribution is 0.317. The molecule has 0 unspecified atom stereocenters. The highest BCUT2D eigenvalue weighted by Gasteiger charge is 2.07. The zero-order chi connectivity index (χ0) is 13.0. The number of pyridine rings is 1. The van der Waals surface area contributed by atoms with Gasteiger partial charge in [-0.1, -0.05) is 6.92 Å². The molecule has 2 aromatic rings. The molecule has 0 spiro atoms. The van der Waals surface area contributed by atoms with E-state index in [-0.39, 0.29) is 0 Å². The summed E-state index contributed by atoms with van der Waals surface area (Å²) < 4.78 is 7.68. The van der Waals surface area contributed by atoms with Gasteiger partial charge in [0.1, 0.15) is 0 Å². The van der Waals surface area contributed by atoms with Gasteiger partial charge in [0.2, 0.25) is 0 Å². The van der Waals surface area contributed by atoms with Gasteiger partial charge in [-0.15, -0.1) is 0 Å². The first-order valence-electron chi connectivity index (χ1n) is 6.22. The number of hydrogen-bond donors (Lipinski definition) is 1. The molecule has 0 aliphatic carbocycles. The molecular formula is C14H19N3O. The summed E-state index contributed by atoms with van der Waals surface area (Å²) in [5.41, 5.74) is 5.56. The van der Waals surface area contributed by atoms with Gasteiger partial charge < -0.3 is 4.74 Å². The molecule has 0 aliphatic rings. The lowest BCUT2D eigenvalue weighted by Gasteiger charge is -2.15. The molecule has 4 heteroatoms. The molecule has 0 atom stereocenters. The Balaban J connectivity index is 2.23. The second kappa shape index (κ2) is 5.58. The molecular weight excluding hydrogens is 226 g/mol. The van der Waals surface area contributed by atoms with Crippen molar-refractivity contribution in [1.29, 1.82) is 0 Å². The number of rotatable bonds is 5. The first-order valence-corrected chi connectivity index (χ1v) is 6.22. The van der Waals surface area contributed by atoms with E-state index < -0.39 is 0 Å². The zero-order valence-electron chi connectivity index (χ0n) is 11.1. The topological polar surface area (TPSA) is 39.1 Å². The van der Waals surface area contributed by atoms with Crippen LogP contribution in [-0.4, -0.2) is 16.3 Å². The summed E-state index contributed by atoms with van der Waals surface area (Å²) in [5.74, 6) is 1.53. The SMILES string of the molecule is CCCOc1cccnc1Nn1c(C)ccc1C. The van der Waals surface area contributed by atoms with Crippen LogP contribution >= 0.6 is 0 Å². The van der Waals surface area contributed by atoms with E-state index in [1.807, 2.05) is 16.8 Å². The maximum absolute atomic E-state index is 5.68. The fraction of sp³-hybridized carbons (Fsp3) is 0.357. The molecule has 96 valence electrons. The van der Waals surface area contributed by atoms with Crippen molar-refractivity contribution in [2.75, 3.05) is 12.0 Å². The van der Waals surface area contributed by atoms with Crippen LogP contribution in [0.3, 0.4) is 0 Å². The molecule has 0 saturated heterocycles. The first-order chi connectivity index (χ1) is 8.72. The van der Waals surface area contributed by atoms with Crippen LogP contribution in [0, 0.1) is 13.8 Å². The van der Waals surface area contributed by atoms with Gasteiger partial charge in [0, 0.05) is 17.6 Å². The fourth-order valence-electron chi connectivity index (χ4n) is 1.75. The minimum absolute atomic E-state index is 0.698. The highest BCUT2D eigenvalue weighted by molar-refractivity contribution is 5.49. The third-order valence-corrected chi connectivity index (χ3v) is 2.72. The van der Waals surface area contributed by atoms with E-state index in [0.29, 0.717) is 6.61 Å². The van der Waals surface area contributed by atoms with Crippen molar-refractivity contribution < 1.29 is 4.74 Å². The van der Waals surface area contributed by atoms with Crippen LogP contribution in [0.15, 0.2) is 30.5 Å². The average molecular weight is 245 g/mol. The van der Waals surface area contributed by atoms with E-state index >= 15 is 0 Å². The van der Waals surface area contributed by atoms with E-state index in [0.717, 1.165) is 29.4 Å². The molecule has 4 nitrogen and oxygen atoms in total. The number of anilines is 1. The van der Waals surface area contributed by atoms with Gasteiger partial charge >= 0.3 is 0 Å². The Labute approximate surface area is 108 Å². The van der Waals surface area contributed by atoms with Crippen LogP contribution in [0.4, 0.5) is 5.82 Å². The number of nitrogens with zero attached hydrogens (tertiary/aromatic N) is 2. The van der Waals surface area contributed by atoms with Crippen molar-refractivity contribution in [3.8, 4) is 5.75 Å². The molecule has 0 fully saturated rings. The van der Waals surface area contributed by atoms with Crippen LogP contribution in [-0.2, 0) is 0 Å². The molecule has 0 aromatic carbocycles. The smallest absolute Gasteiger partial charge is 0.187 e. The van der Waals surface area contributed by atoms with Crippen molar-refractivity contribution >= 4 is 5.82 Å². The van der Waals surface area contributed by atoms with Gasteiger partial charge in [-0.3, -0.25) is 10.1 Å². The van der Waals surface area contributed by atoms with Crippen LogP contribution < -0.4 is 10.2 Å². The summed E-state index contributed by atoms with van der Waals surface area (Å²) >= 11 is 0. The normalized spacial score (nSPS) is 10.4. The largest absolute Gasteiger partial charge is 0.490 e. The standard InChI is InChI=1S/C14H19N3O/c1-4-10-18-13-6-5-9-15-14(13)16-17-11(2)7-8-12(17)3/h5-9H,4,10H2,1-3H3,(H,15,16). The molecule has 0 aliphatic heterocycles. The third kappa shape index (κ3) is 2.64. The first kappa shape index (κ1) is 12.5. The number of ether oxygens (including phenoxy) is 1. The average Bonchev–Trinajstić information content (AvgIpc) is 2.69. The van der Waals surface area contributed by atoms with E-state index in [4.69, 9.17) is 4.74 Å². The second-order valence-corrected chi connectivity index (χ2v) is 4.26. The molecule has 2 heterocycles. The summed E-state index contributed by atoms with van der Waals surface area (Å²) in [6.07, 6.45) is 2.74. The van der Waals surface area contributed by atoms with Gasteiger partial charge in [-0.25, -0.2) is 4.98 Å². The van der Waals surface area contributed by atoms with Crippen molar-refractivity contribution in [2.24, 2.45) is 0 Å². The van der Waals surface area contributed by atoms with Gasteiger partial charge in [-0.2, -0.15) is 0 Å². The molecule has 2 rings (SSSR count).